The van der Waals surface area contributed by atoms with E-state index in [0.717, 1.165) is 11.1 Å². The molecule has 100 valence electrons. The molecule has 0 aromatic heterocycles. The first-order valence-electron chi connectivity index (χ1n) is 6.02. The van der Waals surface area contributed by atoms with Crippen LogP contribution in [0.25, 0.3) is 0 Å². The first-order valence-corrected chi connectivity index (χ1v) is 6.02. The summed E-state index contributed by atoms with van der Waals surface area (Å²) in [6.07, 6.45) is 0. The van der Waals surface area contributed by atoms with Crippen molar-refractivity contribution in [1.29, 1.82) is 0 Å². The number of para-hydroxylation sites is 1. The number of nitrogens with one attached hydrogen (secondary N) is 1. The van der Waals surface area contributed by atoms with Gasteiger partial charge < -0.3 is 10.4 Å². The van der Waals surface area contributed by atoms with Gasteiger partial charge in [0.1, 0.15) is 17.3 Å². The molecule has 4 heteroatoms. The van der Waals surface area contributed by atoms with Crippen LogP contribution >= 0.6 is 0 Å². The zero-order chi connectivity index (χ0) is 13.8. The van der Waals surface area contributed by atoms with E-state index < -0.39 is 11.6 Å². The molecule has 0 amide bonds. The van der Waals surface area contributed by atoms with Gasteiger partial charge in [-0.1, -0.05) is 30.3 Å². The Bertz CT molecular complexity index is 534. The minimum atomic E-state index is -0.612. The lowest BCUT2D eigenvalue weighted by atomic mass is 10.1. The van der Waals surface area contributed by atoms with Crippen LogP contribution in [0.1, 0.15) is 24.1 Å². The summed E-state index contributed by atoms with van der Waals surface area (Å²) in [5, 5.41) is 11.8. The van der Waals surface area contributed by atoms with E-state index in [-0.39, 0.29) is 18.3 Å². The van der Waals surface area contributed by atoms with E-state index in [1.807, 2.05) is 19.1 Å². The van der Waals surface area contributed by atoms with Crippen molar-refractivity contribution in [3.05, 3.63) is 65.2 Å². The number of anilines is 1. The summed E-state index contributed by atoms with van der Waals surface area (Å²) in [7, 11) is 0. The number of rotatable bonds is 4. The van der Waals surface area contributed by atoms with Crippen molar-refractivity contribution >= 4 is 5.69 Å². The highest BCUT2D eigenvalue weighted by atomic mass is 19.1. The van der Waals surface area contributed by atoms with E-state index in [4.69, 9.17) is 5.11 Å². The van der Waals surface area contributed by atoms with Gasteiger partial charge in [0.25, 0.3) is 0 Å². The van der Waals surface area contributed by atoms with Gasteiger partial charge in [-0.05, 0) is 30.2 Å². The fraction of sp³-hybridized carbons (Fsp3) is 0.200. The molecule has 0 heterocycles. The van der Waals surface area contributed by atoms with Crippen molar-refractivity contribution in [2.24, 2.45) is 0 Å². The molecule has 19 heavy (non-hydrogen) atoms. The summed E-state index contributed by atoms with van der Waals surface area (Å²) in [5.41, 5.74) is 1.56. The zero-order valence-corrected chi connectivity index (χ0v) is 10.5. The Hall–Kier alpha value is -1.94. The molecule has 0 aliphatic heterocycles. The van der Waals surface area contributed by atoms with E-state index >= 15 is 0 Å². The van der Waals surface area contributed by atoms with Gasteiger partial charge in [0.2, 0.25) is 0 Å². The summed E-state index contributed by atoms with van der Waals surface area (Å²) in [6, 6.07) is 10.7. The highest BCUT2D eigenvalue weighted by Gasteiger charge is 2.12. The predicted molar refractivity (Wildman–Crippen MR) is 70.8 cm³/mol. The van der Waals surface area contributed by atoms with Crippen LogP contribution in [0.15, 0.2) is 42.5 Å². The molecule has 2 aromatic rings. The number of halogens is 2. The minimum Gasteiger partial charge on any atom is -0.392 e. The first-order chi connectivity index (χ1) is 9.11. The normalized spacial score (nSPS) is 12.2. The second-order valence-corrected chi connectivity index (χ2v) is 4.36. The summed E-state index contributed by atoms with van der Waals surface area (Å²) in [6.45, 7) is 1.80. The lowest BCUT2D eigenvalue weighted by molar-refractivity contribution is 0.282. The summed E-state index contributed by atoms with van der Waals surface area (Å²) >= 11 is 0. The monoisotopic (exact) mass is 263 g/mol. The van der Waals surface area contributed by atoms with E-state index in [9.17, 15) is 8.78 Å². The van der Waals surface area contributed by atoms with Crippen LogP contribution in [0.5, 0.6) is 0 Å². The average Bonchev–Trinajstić information content (AvgIpc) is 2.43. The van der Waals surface area contributed by atoms with E-state index in [2.05, 4.69) is 5.32 Å². The number of hydrogen-bond acceptors (Lipinski definition) is 2. The van der Waals surface area contributed by atoms with Gasteiger partial charge in [0.05, 0.1) is 6.61 Å². The Balaban J connectivity index is 2.18. The molecule has 0 radical (unpaired) electrons. The van der Waals surface area contributed by atoms with E-state index in [0.29, 0.717) is 0 Å². The van der Waals surface area contributed by atoms with Crippen molar-refractivity contribution in [2.75, 3.05) is 5.32 Å². The second-order valence-electron chi connectivity index (χ2n) is 4.36. The molecule has 0 aliphatic rings. The standard InChI is InChI=1S/C15H15F2NO/c1-10(12-7-5-11(9-19)6-8-12)18-15-13(16)3-2-4-14(15)17/h2-8,10,18-19H,9H2,1H3. The lowest BCUT2D eigenvalue weighted by Gasteiger charge is -2.17. The van der Waals surface area contributed by atoms with Gasteiger partial charge in [0.15, 0.2) is 0 Å². The molecular weight excluding hydrogens is 248 g/mol. The summed E-state index contributed by atoms with van der Waals surface area (Å²) < 4.78 is 27.0. The van der Waals surface area contributed by atoms with Crippen LogP contribution in [0, 0.1) is 11.6 Å². The third-order valence-electron chi connectivity index (χ3n) is 2.99. The Kier molecular flexibility index (Phi) is 4.12. The molecule has 0 saturated carbocycles. The Labute approximate surface area is 110 Å². The van der Waals surface area contributed by atoms with Crippen molar-refractivity contribution in [3.8, 4) is 0 Å². The third kappa shape index (κ3) is 3.09. The van der Waals surface area contributed by atoms with Crippen LogP contribution in [0.2, 0.25) is 0 Å². The molecule has 0 bridgehead atoms. The number of aliphatic hydroxyl groups excluding tert-OH is 1. The molecule has 1 atom stereocenters. The molecule has 1 unspecified atom stereocenters. The zero-order valence-electron chi connectivity index (χ0n) is 10.5. The summed E-state index contributed by atoms with van der Waals surface area (Å²) in [4.78, 5) is 0. The predicted octanol–water partition coefficient (Wildman–Crippen LogP) is 3.63. The SMILES string of the molecule is CC(Nc1c(F)cccc1F)c1ccc(CO)cc1. The van der Waals surface area contributed by atoms with Crippen LogP contribution in [-0.4, -0.2) is 5.11 Å². The molecule has 2 aromatic carbocycles. The fourth-order valence-corrected chi connectivity index (χ4v) is 1.85. The van der Waals surface area contributed by atoms with E-state index in [1.165, 1.54) is 18.2 Å². The largest absolute Gasteiger partial charge is 0.392 e. The van der Waals surface area contributed by atoms with Crippen LogP contribution in [0.4, 0.5) is 14.5 Å². The van der Waals surface area contributed by atoms with Gasteiger partial charge in [-0.15, -0.1) is 0 Å². The Morgan fingerprint density at radius 1 is 1.05 bits per heavy atom. The van der Waals surface area contributed by atoms with Crippen molar-refractivity contribution < 1.29 is 13.9 Å². The van der Waals surface area contributed by atoms with Gasteiger partial charge in [-0.25, -0.2) is 8.78 Å². The van der Waals surface area contributed by atoms with Gasteiger partial charge in [-0.2, -0.15) is 0 Å². The smallest absolute Gasteiger partial charge is 0.149 e. The second kappa shape index (κ2) is 5.80. The molecular formula is C15H15F2NO. The quantitative estimate of drug-likeness (QED) is 0.882. The third-order valence-corrected chi connectivity index (χ3v) is 2.99. The van der Waals surface area contributed by atoms with E-state index in [1.54, 1.807) is 12.1 Å². The van der Waals surface area contributed by atoms with Crippen LogP contribution in [-0.2, 0) is 6.61 Å². The molecule has 2 N–H and O–H groups in total. The molecule has 0 aliphatic carbocycles. The van der Waals surface area contributed by atoms with Gasteiger partial charge in [-0.3, -0.25) is 0 Å². The number of hydrogen-bond donors (Lipinski definition) is 2. The van der Waals surface area contributed by atoms with Gasteiger partial charge >= 0.3 is 0 Å². The molecule has 2 nitrogen and oxygen atoms in total. The van der Waals surface area contributed by atoms with Crippen molar-refractivity contribution in [2.45, 2.75) is 19.6 Å². The Morgan fingerprint density at radius 2 is 1.63 bits per heavy atom. The first kappa shape index (κ1) is 13.5. The lowest BCUT2D eigenvalue weighted by Crippen LogP contribution is -2.09. The number of aliphatic hydroxyl groups is 1. The molecule has 0 fully saturated rings. The Morgan fingerprint density at radius 3 is 2.16 bits per heavy atom. The summed E-state index contributed by atoms with van der Waals surface area (Å²) in [5.74, 6) is -1.22. The van der Waals surface area contributed by atoms with Crippen molar-refractivity contribution in [3.63, 3.8) is 0 Å². The maximum atomic E-state index is 13.5. The highest BCUT2D eigenvalue weighted by molar-refractivity contribution is 5.48. The molecule has 2 rings (SSSR count). The van der Waals surface area contributed by atoms with Crippen molar-refractivity contribution in [1.82, 2.24) is 0 Å². The topological polar surface area (TPSA) is 32.3 Å². The highest BCUT2D eigenvalue weighted by Crippen LogP contribution is 2.24. The van der Waals surface area contributed by atoms with Crippen LogP contribution in [0.3, 0.4) is 0 Å². The van der Waals surface area contributed by atoms with Crippen LogP contribution < -0.4 is 5.32 Å². The minimum absolute atomic E-state index is 0.0238. The average molecular weight is 263 g/mol. The fourth-order valence-electron chi connectivity index (χ4n) is 1.85. The van der Waals surface area contributed by atoms with Gasteiger partial charge in [0, 0.05) is 6.04 Å². The molecule has 0 spiro atoms. The maximum absolute atomic E-state index is 13.5. The maximum Gasteiger partial charge on any atom is 0.149 e. The number of benzene rings is 2. The molecule has 0 saturated heterocycles.